The van der Waals surface area contributed by atoms with Gasteiger partial charge in [0.2, 0.25) is 11.8 Å². The molecule has 16 heavy (non-hydrogen) atoms. The molecule has 1 heterocycles. The summed E-state index contributed by atoms with van der Waals surface area (Å²) in [5.41, 5.74) is 7.62. The molecule has 4 heteroatoms. The number of hydrogen-bond donors (Lipinski definition) is 1. The normalized spacial score (nSPS) is 10.9. The van der Waals surface area contributed by atoms with E-state index in [0.717, 1.165) is 11.3 Å². The van der Waals surface area contributed by atoms with Gasteiger partial charge in [0.15, 0.2) is 0 Å². The predicted octanol–water partition coefficient (Wildman–Crippen LogP) is 2.37. The zero-order chi connectivity index (χ0) is 11.5. The van der Waals surface area contributed by atoms with Crippen LogP contribution in [-0.4, -0.2) is 10.2 Å². The minimum absolute atomic E-state index is 0.259. The molecule has 2 rings (SSSR count). The maximum atomic E-state index is 5.85. The number of benzene rings is 1. The van der Waals surface area contributed by atoms with Crippen LogP contribution in [0.4, 0.5) is 5.69 Å². The zero-order valence-corrected chi connectivity index (χ0v) is 9.47. The summed E-state index contributed by atoms with van der Waals surface area (Å²) in [4.78, 5) is 0. The van der Waals surface area contributed by atoms with Crippen molar-refractivity contribution in [2.24, 2.45) is 0 Å². The molecule has 0 amide bonds. The summed E-state index contributed by atoms with van der Waals surface area (Å²) in [6.45, 7) is 4.04. The number of nitrogens with two attached hydrogens (primary N) is 1. The third-order valence-corrected chi connectivity index (χ3v) is 2.37. The topological polar surface area (TPSA) is 64.9 Å². The van der Waals surface area contributed by atoms with E-state index in [1.165, 1.54) is 0 Å². The van der Waals surface area contributed by atoms with Crippen molar-refractivity contribution in [1.82, 2.24) is 10.2 Å². The predicted molar refractivity (Wildman–Crippen MR) is 62.0 cm³/mol. The minimum atomic E-state index is 0.259. The third-order valence-electron chi connectivity index (χ3n) is 2.37. The molecule has 0 unspecified atom stereocenters. The highest BCUT2D eigenvalue weighted by Gasteiger charge is 2.10. The van der Waals surface area contributed by atoms with Crippen molar-refractivity contribution >= 4 is 5.69 Å². The third kappa shape index (κ3) is 2.21. The molecule has 4 nitrogen and oxygen atoms in total. The molecule has 0 bridgehead atoms. The largest absolute Gasteiger partial charge is 0.425 e. The fourth-order valence-electron chi connectivity index (χ4n) is 1.43. The average Bonchev–Trinajstić information content (AvgIpc) is 2.70. The van der Waals surface area contributed by atoms with Gasteiger partial charge in [0.1, 0.15) is 0 Å². The van der Waals surface area contributed by atoms with Crippen molar-refractivity contribution in [3.63, 3.8) is 0 Å². The lowest BCUT2D eigenvalue weighted by Crippen LogP contribution is -1.95. The molecule has 0 aliphatic carbocycles. The SMILES string of the molecule is CC(C)c1nnc(Cc2ccccc2N)o1. The second kappa shape index (κ2) is 4.35. The van der Waals surface area contributed by atoms with E-state index in [2.05, 4.69) is 10.2 Å². The summed E-state index contributed by atoms with van der Waals surface area (Å²) in [6.07, 6.45) is 0.590. The van der Waals surface area contributed by atoms with E-state index in [1.54, 1.807) is 0 Å². The van der Waals surface area contributed by atoms with Gasteiger partial charge >= 0.3 is 0 Å². The number of anilines is 1. The first kappa shape index (κ1) is 10.7. The molecule has 0 aliphatic heterocycles. The molecule has 2 aromatic rings. The Bertz CT molecular complexity index is 477. The second-order valence-electron chi connectivity index (χ2n) is 4.06. The van der Waals surface area contributed by atoms with Gasteiger partial charge in [-0.3, -0.25) is 0 Å². The summed E-state index contributed by atoms with van der Waals surface area (Å²) >= 11 is 0. The van der Waals surface area contributed by atoms with Gasteiger partial charge in [-0.25, -0.2) is 0 Å². The molecule has 0 fully saturated rings. The van der Waals surface area contributed by atoms with Crippen molar-refractivity contribution in [2.75, 3.05) is 5.73 Å². The first-order valence-corrected chi connectivity index (χ1v) is 5.32. The maximum absolute atomic E-state index is 5.85. The highest BCUT2D eigenvalue weighted by atomic mass is 16.4. The fourth-order valence-corrected chi connectivity index (χ4v) is 1.43. The lowest BCUT2D eigenvalue weighted by molar-refractivity contribution is 0.439. The summed E-state index contributed by atoms with van der Waals surface area (Å²) < 4.78 is 5.53. The Morgan fingerprint density at radius 2 is 2.00 bits per heavy atom. The minimum Gasteiger partial charge on any atom is -0.425 e. The monoisotopic (exact) mass is 217 g/mol. The number of nitrogens with zero attached hydrogens (tertiary/aromatic N) is 2. The molecule has 2 N–H and O–H groups in total. The van der Waals surface area contributed by atoms with Gasteiger partial charge in [0, 0.05) is 11.6 Å². The summed E-state index contributed by atoms with van der Waals surface area (Å²) in [5.74, 6) is 1.54. The van der Waals surface area contributed by atoms with Crippen molar-refractivity contribution in [1.29, 1.82) is 0 Å². The van der Waals surface area contributed by atoms with Gasteiger partial charge in [0.25, 0.3) is 0 Å². The Hall–Kier alpha value is -1.84. The van der Waals surface area contributed by atoms with E-state index >= 15 is 0 Å². The second-order valence-corrected chi connectivity index (χ2v) is 4.06. The molecule has 0 radical (unpaired) electrons. The molecule has 1 aromatic carbocycles. The average molecular weight is 217 g/mol. The highest BCUT2D eigenvalue weighted by Crippen LogP contribution is 2.17. The zero-order valence-electron chi connectivity index (χ0n) is 9.47. The molecule has 1 aromatic heterocycles. The first-order chi connectivity index (χ1) is 7.66. The summed E-state index contributed by atoms with van der Waals surface area (Å²) in [5, 5.41) is 7.99. The summed E-state index contributed by atoms with van der Waals surface area (Å²) in [7, 11) is 0. The van der Waals surface area contributed by atoms with Crippen LogP contribution >= 0.6 is 0 Å². The van der Waals surface area contributed by atoms with Crippen LogP contribution in [0.25, 0.3) is 0 Å². The molecule has 0 saturated carbocycles. The van der Waals surface area contributed by atoms with Crippen LogP contribution in [0.15, 0.2) is 28.7 Å². The van der Waals surface area contributed by atoms with E-state index in [-0.39, 0.29) is 5.92 Å². The van der Waals surface area contributed by atoms with Crippen LogP contribution in [0.3, 0.4) is 0 Å². The van der Waals surface area contributed by atoms with Crippen LogP contribution in [0, 0.1) is 0 Å². The van der Waals surface area contributed by atoms with Gasteiger partial charge < -0.3 is 10.2 Å². The standard InChI is InChI=1S/C12H15N3O/c1-8(2)12-15-14-11(16-12)7-9-5-3-4-6-10(9)13/h3-6,8H,7,13H2,1-2H3. The van der Waals surface area contributed by atoms with Gasteiger partial charge in [-0.2, -0.15) is 0 Å². The Balaban J connectivity index is 2.18. The fraction of sp³-hybridized carbons (Fsp3) is 0.333. The van der Waals surface area contributed by atoms with Crippen molar-refractivity contribution in [3.8, 4) is 0 Å². The van der Waals surface area contributed by atoms with E-state index in [4.69, 9.17) is 10.2 Å². The van der Waals surface area contributed by atoms with E-state index in [1.807, 2.05) is 38.1 Å². The number of aromatic nitrogens is 2. The van der Waals surface area contributed by atoms with E-state index in [9.17, 15) is 0 Å². The first-order valence-electron chi connectivity index (χ1n) is 5.32. The van der Waals surface area contributed by atoms with Crippen molar-refractivity contribution in [2.45, 2.75) is 26.2 Å². The van der Waals surface area contributed by atoms with Crippen LogP contribution in [0.5, 0.6) is 0 Å². The Morgan fingerprint density at radius 3 is 2.62 bits per heavy atom. The van der Waals surface area contributed by atoms with Gasteiger partial charge in [-0.15, -0.1) is 10.2 Å². The molecular formula is C12H15N3O. The quantitative estimate of drug-likeness (QED) is 0.801. The van der Waals surface area contributed by atoms with Gasteiger partial charge in [0.05, 0.1) is 6.42 Å². The molecule has 0 atom stereocenters. The highest BCUT2D eigenvalue weighted by molar-refractivity contribution is 5.47. The van der Waals surface area contributed by atoms with Crippen LogP contribution in [0.1, 0.15) is 37.1 Å². The molecule has 0 saturated heterocycles. The van der Waals surface area contributed by atoms with Crippen LogP contribution in [0.2, 0.25) is 0 Å². The van der Waals surface area contributed by atoms with Crippen molar-refractivity contribution in [3.05, 3.63) is 41.6 Å². The number of rotatable bonds is 3. The lowest BCUT2D eigenvalue weighted by atomic mass is 10.1. The van der Waals surface area contributed by atoms with Crippen LogP contribution in [-0.2, 0) is 6.42 Å². The Kier molecular flexibility index (Phi) is 2.90. The van der Waals surface area contributed by atoms with E-state index < -0.39 is 0 Å². The molecule has 84 valence electrons. The summed E-state index contributed by atoms with van der Waals surface area (Å²) in [6, 6.07) is 7.70. The lowest BCUT2D eigenvalue weighted by Gasteiger charge is -2.01. The van der Waals surface area contributed by atoms with E-state index in [0.29, 0.717) is 18.2 Å². The maximum Gasteiger partial charge on any atom is 0.221 e. The smallest absolute Gasteiger partial charge is 0.221 e. The Labute approximate surface area is 94.5 Å². The molecule has 0 spiro atoms. The number of hydrogen-bond acceptors (Lipinski definition) is 4. The number of para-hydroxylation sites is 1. The van der Waals surface area contributed by atoms with Gasteiger partial charge in [-0.05, 0) is 11.6 Å². The van der Waals surface area contributed by atoms with Crippen molar-refractivity contribution < 1.29 is 4.42 Å². The number of nitrogen functional groups attached to an aromatic ring is 1. The van der Waals surface area contributed by atoms with Gasteiger partial charge in [-0.1, -0.05) is 32.0 Å². The molecule has 0 aliphatic rings. The van der Waals surface area contributed by atoms with Crippen LogP contribution < -0.4 is 5.73 Å². The molecular weight excluding hydrogens is 202 g/mol. The Morgan fingerprint density at radius 1 is 1.25 bits per heavy atom.